The number of nitrogens with two attached hydrogens (primary N) is 1. The molecule has 0 aliphatic heterocycles. The lowest BCUT2D eigenvalue weighted by Crippen LogP contribution is -2.19. The third-order valence-corrected chi connectivity index (χ3v) is 3.89. The van der Waals surface area contributed by atoms with Gasteiger partial charge in [-0.1, -0.05) is 32.4 Å². The molecule has 3 rings (SSSR count). The molecule has 1 aromatic carbocycles. The molecule has 0 saturated heterocycles. The Morgan fingerprint density at radius 2 is 1.95 bits per heavy atom. The van der Waals surface area contributed by atoms with Crippen LogP contribution in [0.1, 0.15) is 45.5 Å². The Morgan fingerprint density at radius 3 is 2.48 bits per heavy atom. The summed E-state index contributed by atoms with van der Waals surface area (Å²) in [7, 11) is 0. The van der Waals surface area contributed by atoms with E-state index in [9.17, 15) is 4.39 Å². The van der Waals surface area contributed by atoms with E-state index in [-0.39, 0.29) is 11.2 Å². The number of anilines is 1. The van der Waals surface area contributed by atoms with Crippen LogP contribution in [0.4, 0.5) is 10.2 Å². The van der Waals surface area contributed by atoms with Gasteiger partial charge in [0.05, 0.1) is 0 Å². The van der Waals surface area contributed by atoms with E-state index in [1.54, 1.807) is 6.07 Å². The average Bonchev–Trinajstić information content (AvgIpc) is 3.10. The quantitative estimate of drug-likeness (QED) is 0.884. The van der Waals surface area contributed by atoms with E-state index in [4.69, 9.17) is 22.3 Å². The molecule has 1 heterocycles. The lowest BCUT2D eigenvalue weighted by molar-refractivity contribution is 0.504. The fraction of sp³-hybridized carbons (Fsp3) is 0.438. The van der Waals surface area contributed by atoms with Gasteiger partial charge in [-0.25, -0.2) is 9.37 Å². The Bertz CT molecular complexity index is 676. The summed E-state index contributed by atoms with van der Waals surface area (Å²) >= 11 is 5.95. The van der Waals surface area contributed by atoms with Crippen molar-refractivity contribution >= 4 is 17.4 Å². The van der Waals surface area contributed by atoms with Crippen LogP contribution in [-0.2, 0) is 5.41 Å². The molecule has 0 radical (unpaired) electrons. The van der Waals surface area contributed by atoms with Crippen LogP contribution in [-0.4, -0.2) is 9.55 Å². The van der Waals surface area contributed by atoms with Gasteiger partial charge in [0, 0.05) is 22.0 Å². The lowest BCUT2D eigenvalue weighted by Gasteiger charge is -2.20. The van der Waals surface area contributed by atoms with E-state index in [1.807, 2.05) is 0 Å². The highest BCUT2D eigenvalue weighted by molar-refractivity contribution is 6.30. The van der Waals surface area contributed by atoms with Gasteiger partial charge in [0.2, 0.25) is 0 Å². The Kier molecular flexibility index (Phi) is 3.24. The SMILES string of the molecule is CC(C)(C)c1nc(-c2cc(F)cc(Cl)c2)c(N)n1C1CC1. The van der Waals surface area contributed by atoms with Crippen molar-refractivity contribution in [1.29, 1.82) is 0 Å². The van der Waals surface area contributed by atoms with E-state index in [0.717, 1.165) is 18.7 Å². The van der Waals surface area contributed by atoms with Crippen molar-refractivity contribution in [3.05, 3.63) is 34.9 Å². The van der Waals surface area contributed by atoms with E-state index in [1.165, 1.54) is 12.1 Å². The largest absolute Gasteiger partial charge is 0.383 e. The van der Waals surface area contributed by atoms with Crippen LogP contribution in [0, 0.1) is 5.82 Å². The maximum atomic E-state index is 13.6. The molecule has 0 amide bonds. The molecule has 1 aliphatic carbocycles. The molecular weight excluding hydrogens is 289 g/mol. The molecule has 0 spiro atoms. The van der Waals surface area contributed by atoms with Crippen LogP contribution in [0.2, 0.25) is 5.02 Å². The van der Waals surface area contributed by atoms with Crippen molar-refractivity contribution in [3.63, 3.8) is 0 Å². The van der Waals surface area contributed by atoms with Crippen molar-refractivity contribution < 1.29 is 4.39 Å². The van der Waals surface area contributed by atoms with Crippen LogP contribution in [0.15, 0.2) is 18.2 Å². The Morgan fingerprint density at radius 1 is 1.29 bits per heavy atom. The highest BCUT2D eigenvalue weighted by atomic mass is 35.5. The normalized spacial score (nSPS) is 15.5. The number of nitrogens with zero attached hydrogens (tertiary/aromatic N) is 2. The predicted molar refractivity (Wildman–Crippen MR) is 84.0 cm³/mol. The molecule has 0 atom stereocenters. The minimum atomic E-state index is -0.379. The molecule has 3 nitrogen and oxygen atoms in total. The van der Waals surface area contributed by atoms with E-state index < -0.39 is 0 Å². The van der Waals surface area contributed by atoms with Gasteiger partial charge in [0.1, 0.15) is 23.2 Å². The number of benzene rings is 1. The predicted octanol–water partition coefficient (Wildman–Crippen LogP) is 4.56. The zero-order chi connectivity index (χ0) is 15.4. The first-order valence-electron chi connectivity index (χ1n) is 7.12. The van der Waals surface area contributed by atoms with Crippen molar-refractivity contribution in [2.75, 3.05) is 5.73 Å². The molecule has 2 N–H and O–H groups in total. The van der Waals surface area contributed by atoms with Crippen LogP contribution in [0.5, 0.6) is 0 Å². The lowest BCUT2D eigenvalue weighted by atomic mass is 9.95. The number of imidazole rings is 1. The average molecular weight is 308 g/mol. The van der Waals surface area contributed by atoms with Crippen molar-refractivity contribution in [2.24, 2.45) is 0 Å². The third kappa shape index (κ3) is 2.64. The van der Waals surface area contributed by atoms with E-state index in [2.05, 4.69) is 25.3 Å². The smallest absolute Gasteiger partial charge is 0.132 e. The maximum absolute atomic E-state index is 13.6. The van der Waals surface area contributed by atoms with Gasteiger partial charge in [-0.2, -0.15) is 0 Å². The summed E-state index contributed by atoms with van der Waals surface area (Å²) in [5.41, 5.74) is 7.44. The summed E-state index contributed by atoms with van der Waals surface area (Å²) in [6.07, 6.45) is 2.24. The van der Waals surface area contributed by atoms with Gasteiger partial charge in [0.25, 0.3) is 0 Å². The molecule has 1 aliphatic rings. The molecule has 2 aromatic rings. The van der Waals surface area contributed by atoms with Gasteiger partial charge in [0.15, 0.2) is 0 Å². The molecular formula is C16H19ClFN3. The standard InChI is InChI=1S/C16H19ClFN3/c1-16(2,3)15-20-13(14(19)21(15)12-4-5-12)9-6-10(17)8-11(18)7-9/h6-8,12H,4-5,19H2,1-3H3. The summed E-state index contributed by atoms with van der Waals surface area (Å²) in [6, 6.07) is 4.83. The summed E-state index contributed by atoms with van der Waals surface area (Å²) in [5, 5.41) is 0.350. The highest BCUT2D eigenvalue weighted by Gasteiger charge is 2.34. The topological polar surface area (TPSA) is 43.8 Å². The second-order valence-electron chi connectivity index (χ2n) is 6.68. The number of nitrogen functional groups attached to an aromatic ring is 1. The summed E-state index contributed by atoms with van der Waals surface area (Å²) in [4.78, 5) is 4.71. The van der Waals surface area contributed by atoms with Gasteiger partial charge >= 0.3 is 0 Å². The Labute approximate surface area is 128 Å². The number of halogens is 2. The van der Waals surface area contributed by atoms with Gasteiger partial charge in [-0.05, 0) is 31.0 Å². The van der Waals surface area contributed by atoms with Crippen molar-refractivity contribution in [1.82, 2.24) is 9.55 Å². The molecule has 1 saturated carbocycles. The summed E-state index contributed by atoms with van der Waals surface area (Å²) in [6.45, 7) is 6.32. The Hall–Kier alpha value is -1.55. The fourth-order valence-corrected chi connectivity index (χ4v) is 2.80. The molecule has 1 fully saturated rings. The summed E-state index contributed by atoms with van der Waals surface area (Å²) < 4.78 is 15.7. The first kappa shape index (κ1) is 14.4. The molecule has 0 unspecified atom stereocenters. The van der Waals surface area contributed by atoms with Crippen molar-refractivity contribution in [2.45, 2.75) is 45.1 Å². The molecule has 21 heavy (non-hydrogen) atoms. The minimum Gasteiger partial charge on any atom is -0.383 e. The second kappa shape index (κ2) is 4.73. The minimum absolute atomic E-state index is 0.119. The highest BCUT2D eigenvalue weighted by Crippen LogP contribution is 2.43. The molecule has 1 aromatic heterocycles. The summed E-state index contributed by atoms with van der Waals surface area (Å²) in [5.74, 6) is 1.16. The number of hydrogen-bond acceptors (Lipinski definition) is 2. The number of aromatic nitrogens is 2. The molecule has 112 valence electrons. The Balaban J connectivity index is 2.19. The van der Waals surface area contributed by atoms with Crippen LogP contribution >= 0.6 is 11.6 Å². The third-order valence-electron chi connectivity index (χ3n) is 3.67. The molecule has 5 heteroatoms. The van der Waals surface area contributed by atoms with Gasteiger partial charge < -0.3 is 10.3 Å². The fourth-order valence-electron chi connectivity index (χ4n) is 2.58. The number of rotatable bonds is 2. The monoisotopic (exact) mass is 307 g/mol. The molecule has 0 bridgehead atoms. The zero-order valence-electron chi connectivity index (χ0n) is 12.5. The maximum Gasteiger partial charge on any atom is 0.132 e. The van der Waals surface area contributed by atoms with Crippen LogP contribution in [0.3, 0.4) is 0 Å². The first-order chi connectivity index (χ1) is 9.77. The van der Waals surface area contributed by atoms with Crippen LogP contribution in [0.25, 0.3) is 11.3 Å². The van der Waals surface area contributed by atoms with Gasteiger partial charge in [-0.15, -0.1) is 0 Å². The number of hydrogen-bond donors (Lipinski definition) is 1. The van der Waals surface area contributed by atoms with E-state index in [0.29, 0.717) is 28.1 Å². The van der Waals surface area contributed by atoms with Gasteiger partial charge in [-0.3, -0.25) is 0 Å². The van der Waals surface area contributed by atoms with E-state index >= 15 is 0 Å². The zero-order valence-corrected chi connectivity index (χ0v) is 13.2. The first-order valence-corrected chi connectivity index (χ1v) is 7.50. The van der Waals surface area contributed by atoms with Crippen molar-refractivity contribution in [3.8, 4) is 11.3 Å². The second-order valence-corrected chi connectivity index (χ2v) is 7.11. The van der Waals surface area contributed by atoms with Crippen LogP contribution < -0.4 is 5.73 Å².